The SMILES string of the molecule is CC(C)S(C)(C)CCCc1ccccc1O. The molecule has 1 aromatic carbocycles. The first-order valence-corrected chi connectivity index (χ1v) is 8.58. The lowest BCUT2D eigenvalue weighted by Crippen LogP contribution is -2.13. The molecular weight excluding hydrogens is 216 g/mol. The van der Waals surface area contributed by atoms with E-state index in [4.69, 9.17) is 0 Å². The molecule has 0 aliphatic carbocycles. The molecule has 0 saturated carbocycles. The molecule has 0 spiro atoms. The molecule has 0 aliphatic rings. The Hall–Kier alpha value is -0.630. The van der Waals surface area contributed by atoms with Crippen molar-refractivity contribution < 1.29 is 5.11 Å². The van der Waals surface area contributed by atoms with E-state index in [0.29, 0.717) is 5.75 Å². The van der Waals surface area contributed by atoms with Crippen molar-refractivity contribution >= 4 is 10.0 Å². The monoisotopic (exact) mass is 240 g/mol. The number of aryl methyl sites for hydroxylation is 1. The van der Waals surface area contributed by atoms with Gasteiger partial charge >= 0.3 is 0 Å². The summed E-state index contributed by atoms with van der Waals surface area (Å²) >= 11 is 0. The van der Waals surface area contributed by atoms with Gasteiger partial charge in [0.25, 0.3) is 0 Å². The number of aromatic hydroxyl groups is 1. The van der Waals surface area contributed by atoms with E-state index < -0.39 is 10.0 Å². The first-order chi connectivity index (χ1) is 7.43. The molecule has 0 fully saturated rings. The third-order valence-corrected chi connectivity index (χ3v) is 7.28. The summed E-state index contributed by atoms with van der Waals surface area (Å²) in [5.74, 6) is 1.73. The third-order valence-electron chi connectivity index (χ3n) is 3.38. The van der Waals surface area contributed by atoms with Gasteiger partial charge in [0.05, 0.1) is 0 Å². The van der Waals surface area contributed by atoms with Gasteiger partial charge in [0.1, 0.15) is 5.75 Å². The number of rotatable bonds is 5. The second kappa shape index (κ2) is 5.62. The van der Waals surface area contributed by atoms with Crippen molar-refractivity contribution in [1.29, 1.82) is 0 Å². The summed E-state index contributed by atoms with van der Waals surface area (Å²) in [5.41, 5.74) is 1.08. The van der Waals surface area contributed by atoms with Crippen LogP contribution in [0.4, 0.5) is 0 Å². The number of para-hydroxylation sites is 1. The van der Waals surface area contributed by atoms with Crippen LogP contribution in [0.15, 0.2) is 24.3 Å². The molecule has 0 heterocycles. The van der Waals surface area contributed by atoms with Crippen molar-refractivity contribution in [1.82, 2.24) is 0 Å². The van der Waals surface area contributed by atoms with E-state index in [-0.39, 0.29) is 0 Å². The van der Waals surface area contributed by atoms with E-state index in [9.17, 15) is 5.11 Å². The lowest BCUT2D eigenvalue weighted by atomic mass is 10.1. The van der Waals surface area contributed by atoms with E-state index in [2.05, 4.69) is 26.4 Å². The maximum atomic E-state index is 9.66. The van der Waals surface area contributed by atoms with Crippen LogP contribution in [0.3, 0.4) is 0 Å². The zero-order chi connectivity index (χ0) is 12.2. The van der Waals surface area contributed by atoms with Crippen molar-refractivity contribution in [2.24, 2.45) is 0 Å². The minimum Gasteiger partial charge on any atom is -0.508 e. The van der Waals surface area contributed by atoms with E-state index in [0.717, 1.165) is 17.2 Å². The van der Waals surface area contributed by atoms with Crippen LogP contribution in [0.5, 0.6) is 5.75 Å². The predicted octanol–water partition coefficient (Wildman–Crippen LogP) is 3.80. The quantitative estimate of drug-likeness (QED) is 0.830. The molecule has 1 aromatic rings. The van der Waals surface area contributed by atoms with Gasteiger partial charge in [-0.1, -0.05) is 32.0 Å². The molecule has 0 bridgehead atoms. The van der Waals surface area contributed by atoms with Gasteiger partial charge in [0.2, 0.25) is 0 Å². The molecule has 0 aliphatic heterocycles. The minimum atomic E-state index is -0.463. The fraction of sp³-hybridized carbons (Fsp3) is 0.571. The molecule has 0 radical (unpaired) electrons. The minimum absolute atomic E-state index is 0.444. The molecule has 1 nitrogen and oxygen atoms in total. The fourth-order valence-corrected chi connectivity index (χ4v) is 2.95. The first-order valence-electron chi connectivity index (χ1n) is 5.90. The topological polar surface area (TPSA) is 20.2 Å². The van der Waals surface area contributed by atoms with Gasteiger partial charge in [-0.25, -0.2) is 10.0 Å². The number of benzene rings is 1. The summed E-state index contributed by atoms with van der Waals surface area (Å²) < 4.78 is 0. The molecule has 0 unspecified atom stereocenters. The Balaban J connectivity index is 2.45. The lowest BCUT2D eigenvalue weighted by molar-refractivity contribution is 0.467. The Bertz CT molecular complexity index is 331. The first kappa shape index (κ1) is 13.4. The largest absolute Gasteiger partial charge is 0.508 e. The highest BCUT2D eigenvalue weighted by molar-refractivity contribution is 8.33. The van der Waals surface area contributed by atoms with Crippen LogP contribution in [0.25, 0.3) is 0 Å². The average Bonchev–Trinajstić information content (AvgIpc) is 2.20. The number of phenols is 1. The molecule has 0 saturated heterocycles. The molecule has 0 aromatic heterocycles. The third kappa shape index (κ3) is 3.75. The van der Waals surface area contributed by atoms with Gasteiger partial charge < -0.3 is 5.11 Å². The van der Waals surface area contributed by atoms with Gasteiger partial charge in [-0.2, -0.15) is 0 Å². The second-order valence-electron chi connectivity index (χ2n) is 5.11. The molecule has 1 rings (SSSR count). The smallest absolute Gasteiger partial charge is 0.118 e. The van der Waals surface area contributed by atoms with Crippen molar-refractivity contribution in [3.05, 3.63) is 29.8 Å². The summed E-state index contributed by atoms with van der Waals surface area (Å²) in [6.07, 6.45) is 6.99. The van der Waals surface area contributed by atoms with Crippen molar-refractivity contribution in [2.75, 3.05) is 18.3 Å². The summed E-state index contributed by atoms with van der Waals surface area (Å²) in [6, 6.07) is 7.67. The Kier molecular flexibility index (Phi) is 4.72. The van der Waals surface area contributed by atoms with Gasteiger partial charge in [0, 0.05) is 0 Å². The summed E-state index contributed by atoms with van der Waals surface area (Å²) in [4.78, 5) is 0. The Morgan fingerprint density at radius 2 is 1.81 bits per heavy atom. The summed E-state index contributed by atoms with van der Waals surface area (Å²) in [6.45, 7) is 4.63. The van der Waals surface area contributed by atoms with E-state index in [1.807, 2.05) is 18.2 Å². The van der Waals surface area contributed by atoms with Crippen LogP contribution in [-0.4, -0.2) is 28.6 Å². The van der Waals surface area contributed by atoms with Crippen LogP contribution in [-0.2, 0) is 6.42 Å². The highest BCUT2D eigenvalue weighted by Gasteiger charge is 2.15. The summed E-state index contributed by atoms with van der Waals surface area (Å²) in [5, 5.41) is 10.4. The maximum Gasteiger partial charge on any atom is 0.118 e. The number of hydrogen-bond donors (Lipinski definition) is 1. The predicted molar refractivity (Wildman–Crippen MR) is 75.9 cm³/mol. The maximum absolute atomic E-state index is 9.66. The van der Waals surface area contributed by atoms with Gasteiger partial charge in [0.15, 0.2) is 0 Å². The van der Waals surface area contributed by atoms with Crippen molar-refractivity contribution in [3.63, 3.8) is 0 Å². The molecule has 92 valence electrons. The molecule has 2 heteroatoms. The van der Waals surface area contributed by atoms with Gasteiger partial charge in [-0.15, -0.1) is 0 Å². The van der Waals surface area contributed by atoms with E-state index in [1.54, 1.807) is 6.07 Å². The number of phenolic OH excluding ortho intramolecular Hbond substituents is 1. The van der Waals surface area contributed by atoms with Gasteiger partial charge in [-0.3, -0.25) is 0 Å². The Morgan fingerprint density at radius 1 is 1.19 bits per heavy atom. The lowest BCUT2D eigenvalue weighted by Gasteiger charge is -2.36. The molecular formula is C14H24OS. The highest BCUT2D eigenvalue weighted by Crippen LogP contribution is 2.45. The highest BCUT2D eigenvalue weighted by atomic mass is 32.3. The van der Waals surface area contributed by atoms with E-state index >= 15 is 0 Å². The Labute approximate surface area is 101 Å². The molecule has 0 amide bonds. The normalized spacial score (nSPS) is 13.1. The molecule has 1 N–H and O–H groups in total. The molecule has 0 atom stereocenters. The number of hydrogen-bond acceptors (Lipinski definition) is 1. The van der Waals surface area contributed by atoms with Gasteiger partial charge in [-0.05, 0) is 48.0 Å². The fourth-order valence-electron chi connectivity index (χ4n) is 1.59. The summed E-state index contributed by atoms with van der Waals surface area (Å²) in [7, 11) is -0.463. The zero-order valence-corrected chi connectivity index (χ0v) is 11.7. The van der Waals surface area contributed by atoms with Crippen molar-refractivity contribution in [2.45, 2.75) is 31.9 Å². The van der Waals surface area contributed by atoms with Crippen LogP contribution < -0.4 is 0 Å². The van der Waals surface area contributed by atoms with Crippen LogP contribution in [0.1, 0.15) is 25.8 Å². The van der Waals surface area contributed by atoms with Crippen molar-refractivity contribution in [3.8, 4) is 5.75 Å². The second-order valence-corrected chi connectivity index (χ2v) is 9.71. The van der Waals surface area contributed by atoms with Crippen LogP contribution in [0.2, 0.25) is 0 Å². The van der Waals surface area contributed by atoms with E-state index in [1.165, 1.54) is 12.2 Å². The average molecular weight is 240 g/mol. The van der Waals surface area contributed by atoms with Crippen LogP contribution in [0, 0.1) is 0 Å². The standard InChI is InChI=1S/C14H24OS/c1-12(2)16(3,4)11-7-9-13-8-5-6-10-14(13)15/h5-6,8,10,12,15H,7,9,11H2,1-4H3. The Morgan fingerprint density at radius 3 is 2.38 bits per heavy atom. The van der Waals surface area contributed by atoms with Crippen LogP contribution >= 0.6 is 10.0 Å². The zero-order valence-electron chi connectivity index (χ0n) is 10.9. The molecule has 16 heavy (non-hydrogen) atoms.